The monoisotopic (exact) mass is 405 g/mol. The van der Waals surface area contributed by atoms with E-state index in [1.165, 1.54) is 0 Å². The highest BCUT2D eigenvalue weighted by atomic mass is 32.2. The van der Waals surface area contributed by atoms with E-state index in [9.17, 15) is 8.42 Å². The summed E-state index contributed by atoms with van der Waals surface area (Å²) in [4.78, 5) is 14.2. The number of rotatable bonds is 4. The summed E-state index contributed by atoms with van der Waals surface area (Å²) in [6, 6.07) is 3.74. The molecule has 0 spiro atoms. The normalized spacial score (nSPS) is 22.1. The lowest BCUT2D eigenvalue weighted by atomic mass is 9.93. The van der Waals surface area contributed by atoms with Crippen molar-refractivity contribution in [2.24, 2.45) is 11.1 Å². The molecule has 9 nitrogen and oxygen atoms in total. The average molecular weight is 405 g/mol. The van der Waals surface area contributed by atoms with Gasteiger partial charge in [-0.2, -0.15) is 0 Å². The zero-order chi connectivity index (χ0) is 19.7. The number of imidazole rings is 1. The van der Waals surface area contributed by atoms with E-state index in [0.717, 1.165) is 11.4 Å². The smallest absolute Gasteiger partial charge is 0.238 e. The Kier molecular flexibility index (Phi) is 4.96. The van der Waals surface area contributed by atoms with Crippen LogP contribution >= 0.6 is 0 Å². The fourth-order valence-electron chi connectivity index (χ4n) is 3.58. The molecule has 0 bridgehead atoms. The number of hydrogen-bond acceptors (Lipinski definition) is 8. The zero-order valence-electron chi connectivity index (χ0n) is 15.8. The summed E-state index contributed by atoms with van der Waals surface area (Å²) in [5, 5.41) is 7.48. The average Bonchev–Trinajstić information content (AvgIpc) is 3.13. The number of sulfone groups is 1. The number of nitrogens with zero attached hydrogens (tertiary/aromatic N) is 4. The van der Waals surface area contributed by atoms with Crippen molar-refractivity contribution in [2.45, 2.75) is 25.8 Å². The Bertz CT molecular complexity index is 987. The molecule has 0 saturated carbocycles. The maximum atomic E-state index is 11.7. The molecule has 1 unspecified atom stereocenters. The van der Waals surface area contributed by atoms with Gasteiger partial charge in [0.15, 0.2) is 5.84 Å². The van der Waals surface area contributed by atoms with Gasteiger partial charge in [0.05, 0.1) is 36.7 Å². The van der Waals surface area contributed by atoms with E-state index in [2.05, 4.69) is 20.4 Å². The number of ether oxygens (including phenoxy) is 1. The summed E-state index contributed by atoms with van der Waals surface area (Å²) >= 11 is 0. The maximum Gasteiger partial charge on any atom is 0.238 e. The minimum Gasteiger partial charge on any atom is -0.479 e. The molecular weight excluding hydrogens is 382 g/mol. The Morgan fingerprint density at radius 3 is 2.75 bits per heavy atom. The summed E-state index contributed by atoms with van der Waals surface area (Å²) in [7, 11) is -1.33. The first-order chi connectivity index (χ1) is 13.4. The van der Waals surface area contributed by atoms with E-state index in [-0.39, 0.29) is 23.5 Å². The SMILES string of the molecule is COc1nc(C2=NOCC(C3CCS(=O)(=O)CC3)N2)ccc1-n1cnc(C)c1. The van der Waals surface area contributed by atoms with Gasteiger partial charge in [-0.1, -0.05) is 5.16 Å². The molecule has 2 aromatic heterocycles. The quantitative estimate of drug-likeness (QED) is 0.810. The van der Waals surface area contributed by atoms with Crippen molar-refractivity contribution >= 4 is 15.7 Å². The van der Waals surface area contributed by atoms with Crippen LogP contribution in [0.15, 0.2) is 29.8 Å². The second-order valence-electron chi connectivity index (χ2n) is 7.12. The predicted molar refractivity (Wildman–Crippen MR) is 103 cm³/mol. The van der Waals surface area contributed by atoms with Gasteiger partial charge in [0.25, 0.3) is 0 Å². The molecule has 0 aliphatic carbocycles. The molecule has 1 saturated heterocycles. The summed E-state index contributed by atoms with van der Waals surface area (Å²) in [5.74, 6) is 1.66. The number of hydrogen-bond donors (Lipinski definition) is 1. The van der Waals surface area contributed by atoms with Crippen LogP contribution in [-0.4, -0.2) is 60.1 Å². The molecule has 2 aliphatic rings. The molecule has 4 heterocycles. The predicted octanol–water partition coefficient (Wildman–Crippen LogP) is 1.06. The molecule has 0 radical (unpaired) electrons. The Hall–Kier alpha value is -2.62. The second kappa shape index (κ2) is 7.42. The Balaban J connectivity index is 1.53. The molecule has 28 heavy (non-hydrogen) atoms. The molecular formula is C18H23N5O4S. The zero-order valence-corrected chi connectivity index (χ0v) is 16.6. The van der Waals surface area contributed by atoms with Crippen molar-refractivity contribution in [3.05, 3.63) is 36.0 Å². The van der Waals surface area contributed by atoms with Crippen LogP contribution in [0.3, 0.4) is 0 Å². The van der Waals surface area contributed by atoms with Crippen molar-refractivity contribution in [1.29, 1.82) is 0 Å². The van der Waals surface area contributed by atoms with Gasteiger partial charge in [0.1, 0.15) is 27.8 Å². The van der Waals surface area contributed by atoms with Gasteiger partial charge in [0.2, 0.25) is 5.88 Å². The Morgan fingerprint density at radius 2 is 2.07 bits per heavy atom. The molecule has 0 amide bonds. The highest BCUT2D eigenvalue weighted by Crippen LogP contribution is 2.25. The minimum atomic E-state index is -2.89. The van der Waals surface area contributed by atoms with Gasteiger partial charge >= 0.3 is 0 Å². The van der Waals surface area contributed by atoms with Crippen molar-refractivity contribution < 1.29 is 18.0 Å². The molecule has 1 atom stereocenters. The number of pyridine rings is 1. The maximum absolute atomic E-state index is 11.7. The lowest BCUT2D eigenvalue weighted by Gasteiger charge is -2.32. The van der Waals surface area contributed by atoms with Crippen LogP contribution in [0.4, 0.5) is 0 Å². The lowest BCUT2D eigenvalue weighted by molar-refractivity contribution is 0.0873. The second-order valence-corrected chi connectivity index (χ2v) is 9.43. The van der Waals surface area contributed by atoms with Crippen molar-refractivity contribution in [1.82, 2.24) is 19.9 Å². The van der Waals surface area contributed by atoms with Crippen molar-refractivity contribution in [3.8, 4) is 11.6 Å². The number of aromatic nitrogens is 3. The summed E-state index contributed by atoms with van der Waals surface area (Å²) in [5.41, 5.74) is 2.28. The summed E-state index contributed by atoms with van der Waals surface area (Å²) < 4.78 is 30.7. The Morgan fingerprint density at radius 1 is 1.29 bits per heavy atom. The van der Waals surface area contributed by atoms with Crippen LogP contribution in [0.5, 0.6) is 5.88 Å². The fourth-order valence-corrected chi connectivity index (χ4v) is 5.10. The topological polar surface area (TPSA) is 108 Å². The highest BCUT2D eigenvalue weighted by molar-refractivity contribution is 7.91. The van der Waals surface area contributed by atoms with E-state index in [1.54, 1.807) is 13.4 Å². The molecule has 150 valence electrons. The fraction of sp³-hybridized carbons (Fsp3) is 0.500. The third-order valence-corrected chi connectivity index (χ3v) is 6.88. The van der Waals surface area contributed by atoms with Crippen LogP contribution in [0.2, 0.25) is 0 Å². The molecule has 0 aromatic carbocycles. The van der Waals surface area contributed by atoms with E-state index in [1.807, 2.05) is 29.8 Å². The van der Waals surface area contributed by atoms with Crippen LogP contribution in [0.1, 0.15) is 24.2 Å². The lowest BCUT2D eigenvalue weighted by Crippen LogP contribution is -2.48. The van der Waals surface area contributed by atoms with Crippen LogP contribution in [0, 0.1) is 12.8 Å². The molecule has 1 fully saturated rings. The largest absolute Gasteiger partial charge is 0.479 e. The number of aryl methyl sites for hydroxylation is 1. The molecule has 2 aliphatic heterocycles. The molecule has 4 rings (SSSR count). The molecule has 1 N–H and O–H groups in total. The molecule has 2 aromatic rings. The first-order valence-electron chi connectivity index (χ1n) is 9.18. The van der Waals surface area contributed by atoms with E-state index in [4.69, 9.17) is 9.57 Å². The van der Waals surface area contributed by atoms with Gasteiger partial charge in [-0.3, -0.25) is 0 Å². The number of amidine groups is 1. The van der Waals surface area contributed by atoms with Crippen LogP contribution in [0.25, 0.3) is 5.69 Å². The number of nitrogens with one attached hydrogen (secondary N) is 1. The third-order valence-electron chi connectivity index (χ3n) is 5.17. The summed E-state index contributed by atoms with van der Waals surface area (Å²) in [6.45, 7) is 2.33. The van der Waals surface area contributed by atoms with Crippen LogP contribution < -0.4 is 10.1 Å². The standard InChI is InChI=1S/C18H23N5O4S/c1-12-9-23(11-19-12)16-4-3-14(21-18(16)26-2)17-20-15(10-27-22-17)13-5-7-28(24,25)8-6-13/h3-4,9,11,13,15H,5-8,10H2,1-2H3,(H,20,22). The minimum absolute atomic E-state index is 0.00627. The van der Waals surface area contributed by atoms with E-state index >= 15 is 0 Å². The van der Waals surface area contributed by atoms with Gasteiger partial charge in [-0.25, -0.2) is 18.4 Å². The van der Waals surface area contributed by atoms with E-state index in [0.29, 0.717) is 36.9 Å². The van der Waals surface area contributed by atoms with Crippen molar-refractivity contribution in [3.63, 3.8) is 0 Å². The third kappa shape index (κ3) is 3.82. The van der Waals surface area contributed by atoms with Gasteiger partial charge in [0, 0.05) is 6.20 Å². The first kappa shape index (κ1) is 18.7. The Labute approximate surface area is 163 Å². The van der Waals surface area contributed by atoms with Gasteiger partial charge in [-0.05, 0) is 37.8 Å². The van der Waals surface area contributed by atoms with Gasteiger partial charge in [-0.15, -0.1) is 0 Å². The van der Waals surface area contributed by atoms with Gasteiger partial charge < -0.3 is 19.5 Å². The van der Waals surface area contributed by atoms with Crippen LogP contribution in [-0.2, 0) is 14.7 Å². The summed E-state index contributed by atoms with van der Waals surface area (Å²) in [6.07, 6.45) is 4.87. The van der Waals surface area contributed by atoms with Crippen molar-refractivity contribution in [2.75, 3.05) is 25.2 Å². The van der Waals surface area contributed by atoms with E-state index < -0.39 is 9.84 Å². The number of methoxy groups -OCH3 is 1. The first-order valence-corrected chi connectivity index (χ1v) is 11.0. The molecule has 10 heteroatoms. The highest BCUT2D eigenvalue weighted by Gasteiger charge is 2.32. The number of oxime groups is 1.